The summed E-state index contributed by atoms with van der Waals surface area (Å²) in [6.07, 6.45) is 4.50. The maximum absolute atomic E-state index is 13.2. The molecule has 5 aromatic rings. The number of carbonyl (C=O) groups is 3. The van der Waals surface area contributed by atoms with E-state index in [0.717, 1.165) is 77.4 Å². The van der Waals surface area contributed by atoms with Gasteiger partial charge in [-0.2, -0.15) is 18.3 Å². The number of halogens is 3. The van der Waals surface area contributed by atoms with Crippen LogP contribution in [0.4, 0.5) is 24.5 Å². The molecule has 294 valence electrons. The number of aromatic nitrogens is 5. The van der Waals surface area contributed by atoms with Gasteiger partial charge in [0.15, 0.2) is 0 Å². The Labute approximate surface area is 317 Å². The van der Waals surface area contributed by atoms with Crippen molar-refractivity contribution >= 4 is 51.0 Å². The molecule has 3 aliphatic rings. The number of piperidine rings is 1. The highest BCUT2D eigenvalue weighted by Gasteiger charge is 2.34. The van der Waals surface area contributed by atoms with Crippen molar-refractivity contribution in [2.75, 3.05) is 42.9 Å². The van der Waals surface area contributed by atoms with Crippen LogP contribution in [-0.4, -0.2) is 79.7 Å². The molecule has 16 heteroatoms. The van der Waals surface area contributed by atoms with E-state index in [9.17, 15) is 32.3 Å². The van der Waals surface area contributed by atoms with E-state index in [4.69, 9.17) is 0 Å². The lowest BCUT2D eigenvalue weighted by Gasteiger charge is -2.38. The molecule has 3 N–H and O–H groups in total. The fraction of sp³-hybridized carbons (Fsp3) is 0.436. The number of hydrogen-bond donors (Lipinski definition) is 3. The van der Waals surface area contributed by atoms with Crippen LogP contribution in [0.5, 0.6) is 0 Å². The van der Waals surface area contributed by atoms with Gasteiger partial charge in [0.1, 0.15) is 17.4 Å². The number of pyridine rings is 1. The summed E-state index contributed by atoms with van der Waals surface area (Å²) < 4.78 is 41.2. The number of aryl methyl sites for hydroxylation is 2. The van der Waals surface area contributed by atoms with Crippen LogP contribution in [-0.2, 0) is 22.8 Å². The number of fused-ring (bicyclic) bond motifs is 2. The second-order valence-corrected chi connectivity index (χ2v) is 14.6. The zero-order valence-electron chi connectivity index (χ0n) is 30.8. The number of imide groups is 1. The first-order chi connectivity index (χ1) is 26.4. The summed E-state index contributed by atoms with van der Waals surface area (Å²) in [6.45, 7) is 6.93. The fourth-order valence-electron chi connectivity index (χ4n) is 7.95. The summed E-state index contributed by atoms with van der Waals surface area (Å²) in [5.74, 6) is -0.520. The Morgan fingerprint density at radius 3 is 2.45 bits per heavy atom. The number of benzene rings is 2. The smallest absolute Gasteiger partial charge is 0.367 e. The van der Waals surface area contributed by atoms with Gasteiger partial charge in [-0.1, -0.05) is 31.4 Å². The van der Waals surface area contributed by atoms with E-state index in [2.05, 4.69) is 41.7 Å². The highest BCUT2D eigenvalue weighted by Crippen LogP contribution is 2.32. The van der Waals surface area contributed by atoms with Gasteiger partial charge in [0.05, 0.1) is 28.4 Å². The van der Waals surface area contributed by atoms with Gasteiger partial charge in [0, 0.05) is 60.1 Å². The molecule has 1 atom stereocenters. The quantitative estimate of drug-likeness (QED) is 0.177. The fourth-order valence-corrected chi connectivity index (χ4v) is 7.95. The van der Waals surface area contributed by atoms with Crippen molar-refractivity contribution in [3.63, 3.8) is 0 Å². The van der Waals surface area contributed by atoms with E-state index in [0.29, 0.717) is 12.1 Å². The first-order valence-corrected chi connectivity index (χ1v) is 18.7. The molecule has 3 fully saturated rings. The molecule has 3 amide bonds. The highest BCUT2D eigenvalue weighted by atomic mass is 19.4. The number of nitrogens with one attached hydrogen (secondary N) is 3. The Morgan fingerprint density at radius 1 is 0.982 bits per heavy atom. The molecule has 8 rings (SSSR count). The van der Waals surface area contributed by atoms with Gasteiger partial charge in [-0.3, -0.25) is 38.8 Å². The lowest BCUT2D eigenvalue weighted by molar-refractivity contribution is -0.141. The van der Waals surface area contributed by atoms with Gasteiger partial charge in [-0.25, -0.2) is 9.78 Å². The average molecular weight is 764 g/mol. The van der Waals surface area contributed by atoms with Crippen LogP contribution in [0.2, 0.25) is 0 Å². The average Bonchev–Trinajstić information content (AvgIpc) is 3.73. The number of nitrogens with zero attached hydrogens (tertiary/aromatic N) is 6. The van der Waals surface area contributed by atoms with E-state index in [1.165, 1.54) is 44.7 Å². The normalized spacial score (nSPS) is 18.6. The maximum atomic E-state index is 13.2. The predicted molar refractivity (Wildman–Crippen MR) is 206 cm³/mol. The second kappa shape index (κ2) is 15.7. The number of anilines is 2. The van der Waals surface area contributed by atoms with Crippen LogP contribution in [0, 0.1) is 12.8 Å². The highest BCUT2D eigenvalue weighted by molar-refractivity contribution is 6.04. The molecule has 1 aliphatic carbocycles. The summed E-state index contributed by atoms with van der Waals surface area (Å²) in [7, 11) is 1.77. The maximum Gasteiger partial charge on any atom is 0.433 e. The van der Waals surface area contributed by atoms with Crippen molar-refractivity contribution < 1.29 is 30.4 Å². The molecule has 5 heterocycles. The zero-order chi connectivity index (χ0) is 38.9. The van der Waals surface area contributed by atoms with E-state index < -0.39 is 29.7 Å². The number of imidazole rings is 1. The van der Waals surface area contributed by atoms with Crippen LogP contribution in [0.15, 0.2) is 59.5 Å². The predicted octanol–water partition coefficient (Wildman–Crippen LogP) is 6.05. The molecule has 0 spiro atoms. The van der Waals surface area contributed by atoms with Crippen molar-refractivity contribution in [2.24, 2.45) is 13.0 Å². The minimum absolute atomic E-state index is 0. The van der Waals surface area contributed by atoms with Crippen molar-refractivity contribution in [1.29, 1.82) is 0 Å². The Morgan fingerprint density at radius 2 is 1.73 bits per heavy atom. The summed E-state index contributed by atoms with van der Waals surface area (Å²) in [4.78, 5) is 57.7. The standard InChI is InChI=1S/C24H33N5O3.C15H11F3N4O.2H2/c1-26-22-18(28-14-12-27(13-15-28)16-17-6-3-2-4-7-17)8-5-9-19(22)29(24(26)32)20-10-11-21(30)25-23(20)31;1-8-5-12-9(7-19-22-12)6-11(8)21-14(23)10-3-2-4-13(20-10)15(16,17)18;;/h5,8-9,17,20H,2-4,6-7,10-16H2,1H3,(H,25,30,31);2-7H,1H3,(H,19,22)(H,21,23);2*1H/t20-;;;/m0.../s1. The number of aromatic amines is 1. The summed E-state index contributed by atoms with van der Waals surface area (Å²) in [6, 6.07) is 12.0. The van der Waals surface area contributed by atoms with Crippen LogP contribution in [0.1, 0.15) is 75.6 Å². The van der Waals surface area contributed by atoms with Gasteiger partial charge in [-0.05, 0) is 74.1 Å². The summed E-state index contributed by atoms with van der Waals surface area (Å²) in [5.41, 5.74) is 3.10. The van der Waals surface area contributed by atoms with Crippen molar-refractivity contribution in [3.8, 4) is 0 Å². The third-order valence-corrected chi connectivity index (χ3v) is 10.9. The van der Waals surface area contributed by atoms with Gasteiger partial charge in [0.25, 0.3) is 5.91 Å². The topological polar surface area (TPSA) is 150 Å². The van der Waals surface area contributed by atoms with Gasteiger partial charge in [0.2, 0.25) is 11.8 Å². The third-order valence-electron chi connectivity index (χ3n) is 10.9. The van der Waals surface area contributed by atoms with Crippen molar-refractivity contribution in [3.05, 3.63) is 82.2 Å². The molecule has 0 unspecified atom stereocenters. The zero-order valence-corrected chi connectivity index (χ0v) is 30.8. The second-order valence-electron chi connectivity index (χ2n) is 14.6. The minimum atomic E-state index is -4.60. The number of alkyl halides is 3. The van der Waals surface area contributed by atoms with Crippen LogP contribution < -0.4 is 21.2 Å². The summed E-state index contributed by atoms with van der Waals surface area (Å²) in [5, 5.41) is 12.4. The first-order valence-electron chi connectivity index (χ1n) is 18.7. The monoisotopic (exact) mass is 763 g/mol. The number of amides is 3. The van der Waals surface area contributed by atoms with Crippen LogP contribution in [0.25, 0.3) is 21.9 Å². The molecule has 0 bridgehead atoms. The SMILES string of the molecule is Cc1cc2[nH]ncc2cc1NC(=O)c1cccc(C(F)(F)F)n1.Cn1c(=O)n([C@H]2CCC(=O)NC2=O)c2cccc(N3CCN(CC4CCCCC4)CC3)c21.[HH].[HH]. The first kappa shape index (κ1) is 37.8. The van der Waals surface area contributed by atoms with Crippen molar-refractivity contribution in [2.45, 2.75) is 64.1 Å². The Kier molecular flexibility index (Phi) is 10.8. The number of carbonyl (C=O) groups excluding carboxylic acids is 3. The lowest BCUT2D eigenvalue weighted by atomic mass is 9.89. The molecule has 55 heavy (non-hydrogen) atoms. The largest absolute Gasteiger partial charge is 0.433 e. The molecule has 2 aliphatic heterocycles. The minimum Gasteiger partial charge on any atom is -0.367 e. The molecular weight excluding hydrogens is 715 g/mol. The van der Waals surface area contributed by atoms with E-state index in [1.54, 1.807) is 41.4 Å². The molecule has 3 aromatic heterocycles. The molecular formula is C39H48F3N9O4. The van der Waals surface area contributed by atoms with Crippen molar-refractivity contribution in [1.82, 2.24) is 34.5 Å². The molecule has 0 radical (unpaired) electrons. The molecule has 2 saturated heterocycles. The van der Waals surface area contributed by atoms with E-state index in [1.807, 2.05) is 12.1 Å². The van der Waals surface area contributed by atoms with Gasteiger partial charge in [-0.15, -0.1) is 0 Å². The molecule has 2 aromatic carbocycles. The van der Waals surface area contributed by atoms with Gasteiger partial charge >= 0.3 is 11.9 Å². The number of rotatable bonds is 6. The molecule has 1 saturated carbocycles. The Balaban J connectivity index is 0.000000221. The lowest BCUT2D eigenvalue weighted by Crippen LogP contribution is -2.48. The van der Waals surface area contributed by atoms with Gasteiger partial charge < -0.3 is 10.2 Å². The van der Waals surface area contributed by atoms with Crippen LogP contribution in [0.3, 0.4) is 0 Å². The van der Waals surface area contributed by atoms with E-state index in [-0.39, 0.29) is 26.6 Å². The number of H-pyrrole nitrogens is 1. The van der Waals surface area contributed by atoms with Crippen LogP contribution >= 0.6 is 0 Å². The Hall–Kier alpha value is -5.51. The molecule has 13 nitrogen and oxygen atoms in total. The number of para-hydroxylation sites is 1. The number of hydrogen-bond acceptors (Lipinski definition) is 8. The van der Waals surface area contributed by atoms with E-state index >= 15 is 0 Å². The number of piperazine rings is 1. The summed E-state index contributed by atoms with van der Waals surface area (Å²) >= 11 is 0. The third kappa shape index (κ3) is 8.14. The Bertz CT molecular complexity index is 2290.